The van der Waals surface area contributed by atoms with Crippen LogP contribution in [0, 0.1) is 0 Å². The molecule has 0 unspecified atom stereocenters. The Labute approximate surface area is 144 Å². The lowest BCUT2D eigenvalue weighted by Crippen LogP contribution is -2.53. The molecule has 0 bridgehead atoms. The number of nitrogens with two attached hydrogens (primary N) is 1. The Balaban J connectivity index is 2.62. The van der Waals surface area contributed by atoms with Crippen LogP contribution in [0.15, 0.2) is 30.3 Å². The van der Waals surface area contributed by atoms with Crippen molar-refractivity contribution in [3.63, 3.8) is 0 Å². The van der Waals surface area contributed by atoms with E-state index in [0.29, 0.717) is 0 Å². The Bertz CT molecular complexity index is 634. The largest absolute Gasteiger partial charge is 0.481 e. The first-order valence-corrected chi connectivity index (χ1v) is 7.55. The number of nitrogens with one attached hydrogen (secondary N) is 2. The van der Waals surface area contributed by atoms with E-state index in [9.17, 15) is 24.3 Å². The van der Waals surface area contributed by atoms with Gasteiger partial charge in [-0.2, -0.15) is 0 Å². The predicted molar refractivity (Wildman–Crippen MR) is 87.5 cm³/mol. The molecule has 0 aliphatic carbocycles. The van der Waals surface area contributed by atoms with Gasteiger partial charge in [-0.05, 0) is 12.5 Å². The lowest BCUT2D eigenvalue weighted by Gasteiger charge is -2.20. The zero-order valence-corrected chi connectivity index (χ0v) is 13.6. The first-order valence-electron chi connectivity index (χ1n) is 7.55. The second-order valence-corrected chi connectivity index (χ2v) is 5.52. The summed E-state index contributed by atoms with van der Waals surface area (Å²) in [7, 11) is 0. The Kier molecular flexibility index (Phi) is 7.54. The highest BCUT2D eigenvalue weighted by atomic mass is 16.4. The fraction of sp³-hybridized carbons (Fsp3) is 0.375. The van der Waals surface area contributed by atoms with Gasteiger partial charge in [-0.15, -0.1) is 0 Å². The van der Waals surface area contributed by atoms with Gasteiger partial charge >= 0.3 is 11.9 Å². The van der Waals surface area contributed by atoms with Crippen molar-refractivity contribution in [1.29, 1.82) is 0 Å². The summed E-state index contributed by atoms with van der Waals surface area (Å²) in [5.74, 6) is -3.97. The van der Waals surface area contributed by atoms with Crippen LogP contribution in [0.25, 0.3) is 0 Å². The van der Waals surface area contributed by atoms with Crippen LogP contribution >= 0.6 is 0 Å². The van der Waals surface area contributed by atoms with Crippen LogP contribution in [-0.4, -0.2) is 52.1 Å². The van der Waals surface area contributed by atoms with Crippen molar-refractivity contribution in [2.24, 2.45) is 5.73 Å². The molecule has 3 atom stereocenters. The average Bonchev–Trinajstić information content (AvgIpc) is 2.54. The van der Waals surface area contributed by atoms with Gasteiger partial charge in [-0.1, -0.05) is 30.3 Å². The molecule has 2 amide bonds. The quantitative estimate of drug-likeness (QED) is 0.386. The summed E-state index contributed by atoms with van der Waals surface area (Å²) in [5, 5.41) is 22.4. The van der Waals surface area contributed by atoms with E-state index in [1.807, 2.05) is 0 Å². The van der Waals surface area contributed by atoms with Gasteiger partial charge in [-0.25, -0.2) is 4.79 Å². The summed E-state index contributed by atoms with van der Waals surface area (Å²) >= 11 is 0. The zero-order chi connectivity index (χ0) is 19.0. The topological polar surface area (TPSA) is 159 Å². The second-order valence-electron chi connectivity index (χ2n) is 5.52. The summed E-state index contributed by atoms with van der Waals surface area (Å²) in [5.41, 5.74) is 6.13. The van der Waals surface area contributed by atoms with Crippen molar-refractivity contribution >= 4 is 23.8 Å². The van der Waals surface area contributed by atoms with Crippen LogP contribution in [0.2, 0.25) is 0 Å². The maximum atomic E-state index is 12.1. The van der Waals surface area contributed by atoms with E-state index in [-0.39, 0.29) is 6.42 Å². The van der Waals surface area contributed by atoms with Crippen LogP contribution in [-0.2, 0) is 25.6 Å². The van der Waals surface area contributed by atoms with Gasteiger partial charge in [0.25, 0.3) is 0 Å². The number of carbonyl (C=O) groups excluding carboxylic acids is 2. The lowest BCUT2D eigenvalue weighted by molar-refractivity contribution is -0.142. The molecule has 0 aliphatic rings. The van der Waals surface area contributed by atoms with Gasteiger partial charge in [-0.3, -0.25) is 14.4 Å². The molecule has 0 radical (unpaired) electrons. The molecule has 1 rings (SSSR count). The van der Waals surface area contributed by atoms with E-state index in [1.165, 1.54) is 6.92 Å². The summed E-state index contributed by atoms with van der Waals surface area (Å²) < 4.78 is 0. The van der Waals surface area contributed by atoms with Gasteiger partial charge in [0.15, 0.2) is 0 Å². The van der Waals surface area contributed by atoms with Crippen LogP contribution in [0.3, 0.4) is 0 Å². The standard InChI is InChI=1S/C16H21N3O6/c1-9(18-15(23)11(17)8-13(20)21)14(22)19-12(16(24)25)7-10-5-3-2-4-6-10/h2-6,9,11-12H,7-8,17H2,1H3,(H,18,23)(H,19,22)(H,20,21)(H,24,25)/t9-,11-,12-/m0/s1. The highest BCUT2D eigenvalue weighted by Crippen LogP contribution is 2.04. The zero-order valence-electron chi connectivity index (χ0n) is 13.6. The smallest absolute Gasteiger partial charge is 0.326 e. The third kappa shape index (κ3) is 7.00. The van der Waals surface area contributed by atoms with Gasteiger partial charge in [0.1, 0.15) is 12.1 Å². The van der Waals surface area contributed by atoms with Gasteiger partial charge in [0.2, 0.25) is 11.8 Å². The number of aliphatic carboxylic acids is 2. The molecule has 136 valence electrons. The van der Waals surface area contributed by atoms with Gasteiger partial charge < -0.3 is 26.6 Å². The molecule has 6 N–H and O–H groups in total. The van der Waals surface area contributed by atoms with E-state index in [4.69, 9.17) is 10.8 Å². The maximum Gasteiger partial charge on any atom is 0.326 e. The molecule has 0 aliphatic heterocycles. The van der Waals surface area contributed by atoms with E-state index in [2.05, 4.69) is 10.6 Å². The third-order valence-electron chi connectivity index (χ3n) is 3.38. The first kappa shape index (κ1) is 20.1. The molecule has 9 heteroatoms. The van der Waals surface area contributed by atoms with Crippen molar-refractivity contribution < 1.29 is 29.4 Å². The van der Waals surface area contributed by atoms with Crippen LogP contribution in [0.1, 0.15) is 18.9 Å². The van der Waals surface area contributed by atoms with E-state index >= 15 is 0 Å². The second kappa shape index (κ2) is 9.38. The minimum atomic E-state index is -1.30. The highest BCUT2D eigenvalue weighted by molar-refractivity contribution is 5.92. The number of hydrogen-bond donors (Lipinski definition) is 5. The average molecular weight is 351 g/mol. The number of benzene rings is 1. The van der Waals surface area contributed by atoms with Crippen molar-refractivity contribution in [3.8, 4) is 0 Å². The predicted octanol–water partition coefficient (Wildman–Crippen LogP) is -0.895. The number of hydrogen-bond acceptors (Lipinski definition) is 5. The van der Waals surface area contributed by atoms with E-state index in [0.717, 1.165) is 5.56 Å². The Hall–Kier alpha value is -2.94. The SMILES string of the molecule is C[C@H](NC(=O)[C@@H](N)CC(=O)O)C(=O)N[C@@H](Cc1ccccc1)C(=O)O. The summed E-state index contributed by atoms with van der Waals surface area (Å²) in [6.45, 7) is 1.35. The summed E-state index contributed by atoms with van der Waals surface area (Å²) in [6, 6.07) is 5.23. The van der Waals surface area contributed by atoms with Crippen molar-refractivity contribution in [2.45, 2.75) is 37.9 Å². The highest BCUT2D eigenvalue weighted by Gasteiger charge is 2.26. The van der Waals surface area contributed by atoms with Crippen LogP contribution in [0.5, 0.6) is 0 Å². The summed E-state index contributed by atoms with van der Waals surface area (Å²) in [4.78, 5) is 45.6. The molecule has 1 aromatic carbocycles. The molecule has 0 saturated heterocycles. The molecule has 25 heavy (non-hydrogen) atoms. The van der Waals surface area contributed by atoms with E-state index in [1.54, 1.807) is 30.3 Å². The molecular weight excluding hydrogens is 330 g/mol. The fourth-order valence-corrected chi connectivity index (χ4v) is 2.01. The van der Waals surface area contributed by atoms with Crippen molar-refractivity contribution in [2.75, 3.05) is 0 Å². The molecule has 1 aromatic rings. The maximum absolute atomic E-state index is 12.1. The molecule has 0 spiro atoms. The first-order chi connectivity index (χ1) is 11.7. The molecule has 0 aromatic heterocycles. The number of rotatable bonds is 9. The number of amides is 2. The minimum absolute atomic E-state index is 0.0844. The van der Waals surface area contributed by atoms with Gasteiger partial charge in [0.05, 0.1) is 12.5 Å². The van der Waals surface area contributed by atoms with Crippen molar-refractivity contribution in [1.82, 2.24) is 10.6 Å². The molecule has 9 nitrogen and oxygen atoms in total. The molecule has 0 heterocycles. The lowest BCUT2D eigenvalue weighted by atomic mass is 10.1. The Morgan fingerprint density at radius 2 is 1.64 bits per heavy atom. The normalized spacial score (nSPS) is 14.0. The number of carbonyl (C=O) groups is 4. The van der Waals surface area contributed by atoms with E-state index < -0.39 is 48.3 Å². The van der Waals surface area contributed by atoms with Crippen molar-refractivity contribution in [3.05, 3.63) is 35.9 Å². The summed E-state index contributed by atoms with van der Waals surface area (Å²) in [6.07, 6.45) is -0.493. The molecule has 0 fully saturated rings. The number of carboxylic acids is 2. The fourth-order valence-electron chi connectivity index (χ4n) is 2.01. The molecule has 0 saturated carbocycles. The third-order valence-corrected chi connectivity index (χ3v) is 3.38. The van der Waals surface area contributed by atoms with Crippen LogP contribution < -0.4 is 16.4 Å². The number of carboxylic acid groups (broad SMARTS) is 2. The Morgan fingerprint density at radius 1 is 1.04 bits per heavy atom. The minimum Gasteiger partial charge on any atom is -0.481 e. The van der Waals surface area contributed by atoms with Gasteiger partial charge in [0, 0.05) is 6.42 Å². The van der Waals surface area contributed by atoms with Crippen LogP contribution in [0.4, 0.5) is 0 Å². The monoisotopic (exact) mass is 351 g/mol. The molecular formula is C16H21N3O6. The Morgan fingerprint density at radius 3 is 2.16 bits per heavy atom.